The van der Waals surface area contributed by atoms with Crippen LogP contribution in [0.4, 0.5) is 5.69 Å². The van der Waals surface area contributed by atoms with Crippen LogP contribution < -0.4 is 14.8 Å². The summed E-state index contributed by atoms with van der Waals surface area (Å²) in [7, 11) is 1.59. The molecule has 2 N–H and O–H groups in total. The lowest BCUT2D eigenvalue weighted by molar-refractivity contribution is 0.102. The highest BCUT2D eigenvalue weighted by Gasteiger charge is 2.12. The van der Waals surface area contributed by atoms with Crippen LogP contribution in [0.2, 0.25) is 0 Å². The Morgan fingerprint density at radius 2 is 2.00 bits per heavy atom. The minimum absolute atomic E-state index is 0.0248. The predicted octanol–water partition coefficient (Wildman–Crippen LogP) is 3.37. The maximum absolute atomic E-state index is 12.2. The maximum Gasteiger partial charge on any atom is 0.257 e. The summed E-state index contributed by atoms with van der Waals surface area (Å²) in [6.45, 7) is 5.73. The molecule has 1 aromatic heterocycles. The van der Waals surface area contributed by atoms with Crippen molar-refractivity contribution in [2.24, 2.45) is 0 Å². The van der Waals surface area contributed by atoms with Crippen molar-refractivity contribution in [1.29, 1.82) is 0 Å². The number of ether oxygens (including phenoxy) is 2. The zero-order valence-corrected chi connectivity index (χ0v) is 12.7. The summed E-state index contributed by atoms with van der Waals surface area (Å²) in [4.78, 5) is 15.2. The molecule has 2 rings (SSSR count). The fraction of sp³-hybridized carbons (Fsp3) is 0.312. The van der Waals surface area contributed by atoms with Gasteiger partial charge in [0.25, 0.3) is 5.91 Å². The van der Waals surface area contributed by atoms with E-state index in [1.807, 2.05) is 20.8 Å². The number of aryl methyl sites for hydroxylation is 1. The van der Waals surface area contributed by atoms with E-state index in [4.69, 9.17) is 9.47 Å². The molecule has 0 saturated carbocycles. The minimum atomic E-state index is -0.158. The van der Waals surface area contributed by atoms with Crippen molar-refractivity contribution in [2.45, 2.75) is 26.9 Å². The fourth-order valence-corrected chi connectivity index (χ4v) is 2.00. The Labute approximate surface area is 124 Å². The summed E-state index contributed by atoms with van der Waals surface area (Å²) in [6, 6.07) is 7.07. The maximum atomic E-state index is 12.2. The second-order valence-electron chi connectivity index (χ2n) is 5.00. The van der Waals surface area contributed by atoms with E-state index in [-0.39, 0.29) is 12.0 Å². The molecule has 0 atom stereocenters. The highest BCUT2D eigenvalue weighted by molar-refractivity contribution is 6.05. The Morgan fingerprint density at radius 3 is 2.57 bits per heavy atom. The normalized spacial score (nSPS) is 10.5. The van der Waals surface area contributed by atoms with Gasteiger partial charge in [-0.2, -0.15) is 0 Å². The molecule has 21 heavy (non-hydrogen) atoms. The number of aromatic amines is 1. The van der Waals surface area contributed by atoms with Gasteiger partial charge in [-0.05, 0) is 39.0 Å². The Hall–Kier alpha value is -2.43. The van der Waals surface area contributed by atoms with Crippen LogP contribution >= 0.6 is 0 Å². The number of rotatable bonds is 5. The lowest BCUT2D eigenvalue weighted by Crippen LogP contribution is -2.13. The summed E-state index contributed by atoms with van der Waals surface area (Å²) >= 11 is 0. The first kappa shape index (κ1) is 15.0. The number of amides is 1. The van der Waals surface area contributed by atoms with Gasteiger partial charge < -0.3 is 19.8 Å². The van der Waals surface area contributed by atoms with Gasteiger partial charge in [0.05, 0.1) is 18.8 Å². The van der Waals surface area contributed by atoms with Gasteiger partial charge in [0.15, 0.2) is 11.5 Å². The average molecular weight is 288 g/mol. The third-order valence-corrected chi connectivity index (χ3v) is 2.98. The Balaban J connectivity index is 2.20. The average Bonchev–Trinajstić information content (AvgIpc) is 2.85. The van der Waals surface area contributed by atoms with Crippen LogP contribution in [-0.4, -0.2) is 24.1 Å². The molecule has 0 aliphatic rings. The number of nitrogens with one attached hydrogen (secondary N) is 2. The molecule has 1 aromatic carbocycles. The molecular formula is C16H20N2O3. The summed E-state index contributed by atoms with van der Waals surface area (Å²) < 4.78 is 10.9. The van der Waals surface area contributed by atoms with E-state index in [1.165, 1.54) is 0 Å². The van der Waals surface area contributed by atoms with Crippen molar-refractivity contribution < 1.29 is 14.3 Å². The SMILES string of the molecule is COc1ccc(NC(=O)c2cc[nH]c2C)cc1OC(C)C. The van der Waals surface area contributed by atoms with E-state index < -0.39 is 0 Å². The van der Waals surface area contributed by atoms with Crippen molar-refractivity contribution in [3.05, 3.63) is 41.7 Å². The molecule has 0 unspecified atom stereocenters. The number of aromatic nitrogens is 1. The van der Waals surface area contributed by atoms with Crippen LogP contribution in [-0.2, 0) is 0 Å². The van der Waals surface area contributed by atoms with E-state index in [9.17, 15) is 4.79 Å². The van der Waals surface area contributed by atoms with E-state index in [2.05, 4.69) is 10.3 Å². The lowest BCUT2D eigenvalue weighted by atomic mass is 10.2. The van der Waals surface area contributed by atoms with Crippen LogP contribution in [0.3, 0.4) is 0 Å². The second-order valence-corrected chi connectivity index (χ2v) is 5.00. The smallest absolute Gasteiger partial charge is 0.257 e. The van der Waals surface area contributed by atoms with Gasteiger partial charge in [0, 0.05) is 23.6 Å². The summed E-state index contributed by atoms with van der Waals surface area (Å²) in [5, 5.41) is 2.86. The van der Waals surface area contributed by atoms with Crippen LogP contribution in [0.1, 0.15) is 29.9 Å². The zero-order valence-electron chi connectivity index (χ0n) is 12.7. The second kappa shape index (κ2) is 6.35. The van der Waals surface area contributed by atoms with Crippen LogP contribution in [0.25, 0.3) is 0 Å². The highest BCUT2D eigenvalue weighted by atomic mass is 16.5. The molecular weight excluding hydrogens is 268 g/mol. The number of benzene rings is 1. The van der Waals surface area contributed by atoms with E-state index in [0.717, 1.165) is 5.69 Å². The van der Waals surface area contributed by atoms with Crippen molar-refractivity contribution in [3.8, 4) is 11.5 Å². The first-order chi connectivity index (χ1) is 10.0. The summed E-state index contributed by atoms with van der Waals surface area (Å²) in [6.07, 6.45) is 1.77. The van der Waals surface area contributed by atoms with Gasteiger partial charge >= 0.3 is 0 Å². The van der Waals surface area contributed by atoms with Gasteiger partial charge in [0.1, 0.15) is 0 Å². The first-order valence-electron chi connectivity index (χ1n) is 6.81. The molecule has 0 saturated heterocycles. The number of hydrogen-bond acceptors (Lipinski definition) is 3. The monoisotopic (exact) mass is 288 g/mol. The number of H-pyrrole nitrogens is 1. The molecule has 0 fully saturated rings. The molecule has 2 aromatic rings. The number of anilines is 1. The Kier molecular flexibility index (Phi) is 4.52. The number of hydrogen-bond donors (Lipinski definition) is 2. The van der Waals surface area contributed by atoms with Gasteiger partial charge in [-0.1, -0.05) is 0 Å². The van der Waals surface area contributed by atoms with Crippen molar-refractivity contribution in [2.75, 3.05) is 12.4 Å². The molecule has 0 aliphatic carbocycles. The van der Waals surface area contributed by atoms with E-state index in [1.54, 1.807) is 37.6 Å². The van der Waals surface area contributed by atoms with Crippen LogP contribution in [0.15, 0.2) is 30.5 Å². The minimum Gasteiger partial charge on any atom is -0.493 e. The molecule has 112 valence electrons. The molecule has 0 aliphatic heterocycles. The summed E-state index contributed by atoms with van der Waals surface area (Å²) in [5.74, 6) is 1.09. The van der Waals surface area contributed by atoms with Crippen molar-refractivity contribution >= 4 is 11.6 Å². The molecule has 5 heteroatoms. The standard InChI is InChI=1S/C16H20N2O3/c1-10(2)21-15-9-12(5-6-14(15)20-4)18-16(19)13-7-8-17-11(13)3/h5-10,17H,1-4H3,(H,18,19). The zero-order chi connectivity index (χ0) is 15.4. The van der Waals surface area contributed by atoms with Crippen LogP contribution in [0.5, 0.6) is 11.5 Å². The van der Waals surface area contributed by atoms with Crippen LogP contribution in [0, 0.1) is 6.92 Å². The number of carbonyl (C=O) groups is 1. The largest absolute Gasteiger partial charge is 0.493 e. The number of methoxy groups -OCH3 is 1. The number of carbonyl (C=O) groups excluding carboxylic acids is 1. The Morgan fingerprint density at radius 1 is 1.24 bits per heavy atom. The fourth-order valence-electron chi connectivity index (χ4n) is 2.00. The molecule has 5 nitrogen and oxygen atoms in total. The molecule has 1 amide bonds. The first-order valence-corrected chi connectivity index (χ1v) is 6.81. The van der Waals surface area contributed by atoms with Gasteiger partial charge in [-0.3, -0.25) is 4.79 Å². The molecule has 0 spiro atoms. The molecule has 1 heterocycles. The third kappa shape index (κ3) is 3.56. The lowest BCUT2D eigenvalue weighted by Gasteiger charge is -2.15. The molecule has 0 bridgehead atoms. The highest BCUT2D eigenvalue weighted by Crippen LogP contribution is 2.31. The van der Waals surface area contributed by atoms with Crippen molar-refractivity contribution in [1.82, 2.24) is 4.98 Å². The van der Waals surface area contributed by atoms with Gasteiger partial charge in [-0.15, -0.1) is 0 Å². The molecule has 0 radical (unpaired) electrons. The topological polar surface area (TPSA) is 63.3 Å². The van der Waals surface area contributed by atoms with E-state index in [0.29, 0.717) is 22.7 Å². The van der Waals surface area contributed by atoms with Gasteiger partial charge in [-0.25, -0.2) is 0 Å². The van der Waals surface area contributed by atoms with Crippen molar-refractivity contribution in [3.63, 3.8) is 0 Å². The predicted molar refractivity (Wildman–Crippen MR) is 82.2 cm³/mol. The summed E-state index contributed by atoms with van der Waals surface area (Å²) in [5.41, 5.74) is 2.12. The van der Waals surface area contributed by atoms with E-state index >= 15 is 0 Å². The quantitative estimate of drug-likeness (QED) is 0.886. The Bertz CT molecular complexity index is 632. The third-order valence-electron chi connectivity index (χ3n) is 2.98. The van der Waals surface area contributed by atoms with Gasteiger partial charge in [0.2, 0.25) is 0 Å².